The molecule has 6 nitrogen and oxygen atoms in total. The fourth-order valence-electron chi connectivity index (χ4n) is 9.30. The van der Waals surface area contributed by atoms with Crippen LogP contribution in [0.1, 0.15) is 329 Å². The normalized spacial score (nSPS) is 12.4. The fourth-order valence-corrected chi connectivity index (χ4v) is 9.30. The third kappa shape index (κ3) is 59.9. The third-order valence-electron chi connectivity index (χ3n) is 14.0. The Morgan fingerprint density at radius 2 is 0.534 bits per heavy atom. The molecule has 0 saturated carbocycles. The van der Waals surface area contributed by atoms with Gasteiger partial charge in [0.05, 0.1) is 0 Å². The molecule has 0 aliphatic carbocycles. The van der Waals surface area contributed by atoms with E-state index in [1.165, 1.54) is 193 Å². The van der Waals surface area contributed by atoms with E-state index in [1.807, 2.05) is 0 Å². The number of allylic oxidation sites excluding steroid dienone is 10. The maximum Gasteiger partial charge on any atom is 0.306 e. The molecule has 0 aromatic rings. The van der Waals surface area contributed by atoms with E-state index in [9.17, 15) is 14.4 Å². The molecule has 0 aromatic carbocycles. The molecule has 424 valence electrons. The summed E-state index contributed by atoms with van der Waals surface area (Å²) in [5.41, 5.74) is 0. The van der Waals surface area contributed by atoms with E-state index in [1.54, 1.807) is 0 Å². The predicted molar refractivity (Wildman–Crippen MR) is 316 cm³/mol. The number of carbonyl (C=O) groups is 3. The largest absolute Gasteiger partial charge is 0.462 e. The Bertz CT molecular complexity index is 1310. The van der Waals surface area contributed by atoms with Crippen molar-refractivity contribution in [1.82, 2.24) is 0 Å². The smallest absolute Gasteiger partial charge is 0.306 e. The second kappa shape index (κ2) is 61.7. The summed E-state index contributed by atoms with van der Waals surface area (Å²) < 4.78 is 16.9. The van der Waals surface area contributed by atoms with Gasteiger partial charge in [-0.1, -0.05) is 306 Å². The van der Waals surface area contributed by atoms with Crippen molar-refractivity contribution in [2.45, 2.75) is 335 Å². The summed E-state index contributed by atoms with van der Waals surface area (Å²) in [6.07, 6.45) is 78.0. The summed E-state index contributed by atoms with van der Waals surface area (Å²) in [5, 5.41) is 0. The first-order valence-corrected chi connectivity index (χ1v) is 31.8. The number of esters is 3. The first kappa shape index (κ1) is 70.1. The lowest BCUT2D eigenvalue weighted by Crippen LogP contribution is -2.30. The van der Waals surface area contributed by atoms with Gasteiger partial charge in [-0.25, -0.2) is 0 Å². The summed E-state index contributed by atoms with van der Waals surface area (Å²) >= 11 is 0. The first-order valence-electron chi connectivity index (χ1n) is 31.8. The molecule has 0 saturated heterocycles. The van der Waals surface area contributed by atoms with Crippen LogP contribution in [-0.2, 0) is 28.6 Å². The minimum atomic E-state index is -0.789. The van der Waals surface area contributed by atoms with Crippen LogP contribution in [0.15, 0.2) is 60.8 Å². The van der Waals surface area contributed by atoms with Crippen molar-refractivity contribution >= 4 is 17.9 Å². The van der Waals surface area contributed by atoms with Crippen LogP contribution in [0.5, 0.6) is 0 Å². The zero-order valence-corrected chi connectivity index (χ0v) is 48.7. The Labute approximate surface area is 453 Å². The zero-order chi connectivity index (χ0) is 52.9. The molecule has 0 unspecified atom stereocenters. The van der Waals surface area contributed by atoms with Gasteiger partial charge in [0, 0.05) is 19.3 Å². The van der Waals surface area contributed by atoms with Crippen LogP contribution in [0.25, 0.3) is 0 Å². The summed E-state index contributed by atoms with van der Waals surface area (Å²) in [4.78, 5) is 38.3. The van der Waals surface area contributed by atoms with Gasteiger partial charge in [0.2, 0.25) is 0 Å². The van der Waals surface area contributed by atoms with E-state index < -0.39 is 6.10 Å². The molecule has 0 aliphatic rings. The Morgan fingerprint density at radius 1 is 0.288 bits per heavy atom. The van der Waals surface area contributed by atoms with E-state index in [-0.39, 0.29) is 31.1 Å². The highest BCUT2D eigenvalue weighted by molar-refractivity contribution is 5.71. The molecule has 0 rings (SSSR count). The van der Waals surface area contributed by atoms with Crippen molar-refractivity contribution in [3.63, 3.8) is 0 Å². The van der Waals surface area contributed by atoms with Gasteiger partial charge in [-0.3, -0.25) is 14.4 Å². The summed E-state index contributed by atoms with van der Waals surface area (Å²) in [7, 11) is 0. The molecule has 0 aromatic heterocycles. The van der Waals surface area contributed by atoms with Crippen molar-refractivity contribution in [2.24, 2.45) is 0 Å². The molecule has 0 bridgehead atoms. The van der Waals surface area contributed by atoms with Gasteiger partial charge >= 0.3 is 17.9 Å². The Morgan fingerprint density at radius 3 is 0.836 bits per heavy atom. The highest BCUT2D eigenvalue weighted by Crippen LogP contribution is 2.17. The molecule has 0 fully saturated rings. The van der Waals surface area contributed by atoms with Crippen LogP contribution in [0.2, 0.25) is 0 Å². The lowest BCUT2D eigenvalue weighted by molar-refractivity contribution is -0.167. The lowest BCUT2D eigenvalue weighted by atomic mass is 10.0. The molecule has 0 amide bonds. The number of hydrogen-bond acceptors (Lipinski definition) is 6. The topological polar surface area (TPSA) is 78.9 Å². The number of carbonyl (C=O) groups excluding carboxylic acids is 3. The summed E-state index contributed by atoms with van der Waals surface area (Å²) in [6.45, 7) is 6.55. The summed E-state index contributed by atoms with van der Waals surface area (Å²) in [6, 6.07) is 0. The van der Waals surface area contributed by atoms with Crippen LogP contribution < -0.4 is 0 Å². The second-order valence-electron chi connectivity index (χ2n) is 21.3. The van der Waals surface area contributed by atoms with Crippen molar-refractivity contribution in [2.75, 3.05) is 13.2 Å². The van der Waals surface area contributed by atoms with Crippen LogP contribution >= 0.6 is 0 Å². The Hall–Kier alpha value is -2.89. The van der Waals surface area contributed by atoms with Gasteiger partial charge in [-0.2, -0.15) is 0 Å². The second-order valence-corrected chi connectivity index (χ2v) is 21.3. The van der Waals surface area contributed by atoms with Crippen LogP contribution in [0.4, 0.5) is 0 Å². The van der Waals surface area contributed by atoms with Crippen LogP contribution in [0, 0.1) is 0 Å². The molecular formula is C67H120O6. The molecule has 0 aliphatic heterocycles. The monoisotopic (exact) mass is 1020 g/mol. The first-order chi connectivity index (χ1) is 36.0. The van der Waals surface area contributed by atoms with Crippen molar-refractivity contribution in [3.8, 4) is 0 Å². The number of ether oxygens (including phenoxy) is 3. The Balaban J connectivity index is 4.37. The van der Waals surface area contributed by atoms with Gasteiger partial charge in [0.15, 0.2) is 6.10 Å². The van der Waals surface area contributed by atoms with E-state index in [4.69, 9.17) is 14.2 Å². The molecule has 0 spiro atoms. The van der Waals surface area contributed by atoms with Gasteiger partial charge in [0.25, 0.3) is 0 Å². The van der Waals surface area contributed by atoms with E-state index in [0.29, 0.717) is 19.3 Å². The predicted octanol–water partition coefficient (Wildman–Crippen LogP) is 21.6. The zero-order valence-electron chi connectivity index (χ0n) is 48.7. The number of hydrogen-bond donors (Lipinski definition) is 0. The van der Waals surface area contributed by atoms with Crippen LogP contribution in [0.3, 0.4) is 0 Å². The standard InChI is InChI=1S/C67H120O6/c1-4-7-10-13-16-19-22-25-28-30-32-33-35-36-39-42-45-48-51-54-57-60-66(69)72-63-64(62-71-65(68)59-56-53-50-47-44-41-38-27-24-21-18-15-12-9-6-3)73-67(70)61-58-55-52-49-46-43-40-37-34-31-29-26-23-20-17-14-11-8-5-2/h8,11,17,20,26,29,34,37,43,46,64H,4-7,9-10,12-16,18-19,21-25,27-28,30-33,35-36,38-42,44-45,47-63H2,1-3H3/b11-8-,20-17-,29-26-,37-34-,46-43-/t64-/m0/s1. The minimum Gasteiger partial charge on any atom is -0.462 e. The van der Waals surface area contributed by atoms with Crippen molar-refractivity contribution in [3.05, 3.63) is 60.8 Å². The van der Waals surface area contributed by atoms with E-state index in [0.717, 1.165) is 96.3 Å². The molecule has 0 N–H and O–H groups in total. The molecule has 0 heterocycles. The minimum absolute atomic E-state index is 0.0832. The average molecular weight is 1020 g/mol. The fraction of sp³-hybridized carbons (Fsp3) is 0.806. The quantitative estimate of drug-likeness (QED) is 0.0261. The highest BCUT2D eigenvalue weighted by Gasteiger charge is 2.19. The van der Waals surface area contributed by atoms with Gasteiger partial charge in [-0.05, 0) is 64.2 Å². The van der Waals surface area contributed by atoms with E-state index in [2.05, 4.69) is 81.5 Å². The SMILES string of the molecule is CC/C=C\C/C=C\C/C=C\C/C=C\C/C=C\CCCCCC(=O)O[C@@H](COC(=O)CCCCCCCCCCCCCCCCC)COC(=O)CCCCCCCCCCCCCCCCCCCCCCC. The Kier molecular flexibility index (Phi) is 59.2. The van der Waals surface area contributed by atoms with Crippen LogP contribution in [-0.4, -0.2) is 37.2 Å². The third-order valence-corrected chi connectivity index (χ3v) is 14.0. The molecule has 6 heteroatoms. The molecule has 1 atom stereocenters. The number of unbranched alkanes of at least 4 members (excludes halogenated alkanes) is 37. The molecule has 73 heavy (non-hydrogen) atoms. The van der Waals surface area contributed by atoms with E-state index >= 15 is 0 Å². The average Bonchev–Trinajstić information content (AvgIpc) is 3.39. The molecular weight excluding hydrogens is 901 g/mol. The number of rotatable bonds is 58. The van der Waals surface area contributed by atoms with Crippen molar-refractivity contribution in [1.29, 1.82) is 0 Å². The van der Waals surface area contributed by atoms with Gasteiger partial charge in [-0.15, -0.1) is 0 Å². The lowest BCUT2D eigenvalue weighted by Gasteiger charge is -2.18. The summed E-state index contributed by atoms with van der Waals surface area (Å²) in [5.74, 6) is -0.895. The van der Waals surface area contributed by atoms with Crippen molar-refractivity contribution < 1.29 is 28.6 Å². The van der Waals surface area contributed by atoms with Gasteiger partial charge < -0.3 is 14.2 Å². The maximum absolute atomic E-state index is 12.9. The highest BCUT2D eigenvalue weighted by atomic mass is 16.6. The molecule has 0 radical (unpaired) electrons. The van der Waals surface area contributed by atoms with Gasteiger partial charge in [0.1, 0.15) is 13.2 Å². The maximum atomic E-state index is 12.9.